The van der Waals surface area contributed by atoms with E-state index in [0.29, 0.717) is 27.4 Å². The van der Waals surface area contributed by atoms with Crippen LogP contribution in [0.25, 0.3) is 0 Å². The predicted molar refractivity (Wildman–Crippen MR) is 95.9 cm³/mol. The Morgan fingerprint density at radius 2 is 1.87 bits per heavy atom. The Kier molecular flexibility index (Phi) is 5.91. The molecule has 0 spiro atoms. The largest absolute Gasteiger partial charge is 0.484 e. The summed E-state index contributed by atoms with van der Waals surface area (Å²) < 4.78 is 5.54. The van der Waals surface area contributed by atoms with Gasteiger partial charge in [-0.05, 0) is 54.3 Å². The van der Waals surface area contributed by atoms with Crippen LogP contribution in [-0.4, -0.2) is 12.5 Å². The fraction of sp³-hybridized carbons (Fsp3) is 0.278. The number of amides is 1. The molecule has 2 aromatic carbocycles. The molecule has 2 aromatic rings. The lowest BCUT2D eigenvalue weighted by Crippen LogP contribution is -2.20. The Morgan fingerprint density at radius 1 is 1.13 bits per heavy atom. The van der Waals surface area contributed by atoms with E-state index in [1.807, 2.05) is 25.1 Å². The van der Waals surface area contributed by atoms with Crippen molar-refractivity contribution in [3.63, 3.8) is 0 Å². The van der Waals surface area contributed by atoms with E-state index in [4.69, 9.17) is 27.9 Å². The molecular formula is C18H19Cl2NO2. The monoisotopic (exact) mass is 351 g/mol. The highest BCUT2D eigenvalue weighted by atomic mass is 35.5. The lowest BCUT2D eigenvalue weighted by atomic mass is 9.98. The number of hydrogen-bond acceptors (Lipinski definition) is 2. The third kappa shape index (κ3) is 4.88. The maximum absolute atomic E-state index is 11.9. The summed E-state index contributed by atoms with van der Waals surface area (Å²) in [7, 11) is 0. The van der Waals surface area contributed by atoms with Crippen LogP contribution in [0.5, 0.6) is 5.75 Å². The van der Waals surface area contributed by atoms with Gasteiger partial charge in [-0.25, -0.2) is 0 Å². The zero-order valence-electron chi connectivity index (χ0n) is 13.3. The third-order valence-electron chi connectivity index (χ3n) is 3.44. The van der Waals surface area contributed by atoms with Gasteiger partial charge in [0.2, 0.25) is 0 Å². The second kappa shape index (κ2) is 7.71. The molecule has 0 aliphatic heterocycles. The Hall–Kier alpha value is -1.71. The first kappa shape index (κ1) is 17.6. The third-order valence-corrected chi connectivity index (χ3v) is 4.18. The molecule has 0 radical (unpaired) electrons. The SMILES string of the molecule is Cc1cc(OCC(=O)Nc2ccc(Cl)c(Cl)c2)ccc1C(C)C. The molecule has 0 saturated heterocycles. The normalized spacial score (nSPS) is 10.7. The highest BCUT2D eigenvalue weighted by Gasteiger charge is 2.08. The first-order valence-electron chi connectivity index (χ1n) is 7.35. The van der Waals surface area contributed by atoms with Crippen molar-refractivity contribution in [3.8, 4) is 5.75 Å². The summed E-state index contributed by atoms with van der Waals surface area (Å²) in [4.78, 5) is 11.9. The lowest BCUT2D eigenvalue weighted by Gasteiger charge is -2.12. The minimum Gasteiger partial charge on any atom is -0.484 e. The number of anilines is 1. The summed E-state index contributed by atoms with van der Waals surface area (Å²) in [5.74, 6) is 0.882. The summed E-state index contributed by atoms with van der Waals surface area (Å²) in [5, 5.41) is 3.56. The molecule has 0 aromatic heterocycles. The molecule has 2 rings (SSSR count). The number of carbonyl (C=O) groups is 1. The van der Waals surface area contributed by atoms with E-state index >= 15 is 0 Å². The van der Waals surface area contributed by atoms with Crippen LogP contribution in [0, 0.1) is 6.92 Å². The number of ether oxygens (including phenoxy) is 1. The fourth-order valence-electron chi connectivity index (χ4n) is 2.31. The molecule has 0 aliphatic carbocycles. The van der Waals surface area contributed by atoms with Gasteiger partial charge < -0.3 is 10.1 Å². The molecule has 122 valence electrons. The van der Waals surface area contributed by atoms with Gasteiger partial charge in [-0.1, -0.05) is 43.1 Å². The number of halogens is 2. The molecule has 0 fully saturated rings. The van der Waals surface area contributed by atoms with E-state index in [1.165, 1.54) is 5.56 Å². The first-order valence-corrected chi connectivity index (χ1v) is 8.10. The molecule has 0 saturated carbocycles. The lowest BCUT2D eigenvalue weighted by molar-refractivity contribution is -0.118. The molecule has 5 heteroatoms. The second-order valence-electron chi connectivity index (χ2n) is 5.64. The van der Waals surface area contributed by atoms with E-state index in [1.54, 1.807) is 18.2 Å². The maximum Gasteiger partial charge on any atom is 0.262 e. The number of hydrogen-bond donors (Lipinski definition) is 1. The smallest absolute Gasteiger partial charge is 0.262 e. The van der Waals surface area contributed by atoms with Gasteiger partial charge in [0.05, 0.1) is 10.0 Å². The quantitative estimate of drug-likeness (QED) is 0.778. The predicted octanol–water partition coefficient (Wildman–Crippen LogP) is 5.44. The van der Waals surface area contributed by atoms with Gasteiger partial charge in [0.1, 0.15) is 5.75 Å². The Bertz CT molecular complexity index is 714. The van der Waals surface area contributed by atoms with Gasteiger partial charge in [-0.15, -0.1) is 0 Å². The van der Waals surface area contributed by atoms with Crippen molar-refractivity contribution >= 4 is 34.8 Å². The highest BCUT2D eigenvalue weighted by Crippen LogP contribution is 2.25. The minimum atomic E-state index is -0.256. The van der Waals surface area contributed by atoms with Crippen LogP contribution in [0.1, 0.15) is 30.9 Å². The molecule has 0 aliphatic rings. The molecule has 0 bridgehead atoms. The van der Waals surface area contributed by atoms with Crippen molar-refractivity contribution < 1.29 is 9.53 Å². The van der Waals surface area contributed by atoms with E-state index in [0.717, 1.165) is 5.56 Å². The number of carbonyl (C=O) groups excluding carboxylic acids is 1. The van der Waals surface area contributed by atoms with Gasteiger partial charge in [-0.3, -0.25) is 4.79 Å². The molecule has 0 unspecified atom stereocenters. The number of benzene rings is 2. The Balaban J connectivity index is 1.94. The van der Waals surface area contributed by atoms with Crippen LogP contribution in [0.2, 0.25) is 10.0 Å². The van der Waals surface area contributed by atoms with Gasteiger partial charge >= 0.3 is 0 Å². The maximum atomic E-state index is 11.9. The molecule has 3 nitrogen and oxygen atoms in total. The van der Waals surface area contributed by atoms with Crippen molar-refractivity contribution in [2.24, 2.45) is 0 Å². The zero-order valence-corrected chi connectivity index (χ0v) is 14.8. The van der Waals surface area contributed by atoms with Gasteiger partial charge in [0.15, 0.2) is 6.61 Å². The number of aryl methyl sites for hydroxylation is 1. The van der Waals surface area contributed by atoms with E-state index in [2.05, 4.69) is 19.2 Å². The number of nitrogens with one attached hydrogen (secondary N) is 1. The average Bonchev–Trinajstić information content (AvgIpc) is 2.48. The Morgan fingerprint density at radius 3 is 2.48 bits per heavy atom. The average molecular weight is 352 g/mol. The first-order chi connectivity index (χ1) is 10.9. The van der Waals surface area contributed by atoms with Crippen molar-refractivity contribution in [2.75, 3.05) is 11.9 Å². The molecular weight excluding hydrogens is 333 g/mol. The highest BCUT2D eigenvalue weighted by molar-refractivity contribution is 6.42. The van der Waals surface area contributed by atoms with Gasteiger partial charge in [-0.2, -0.15) is 0 Å². The summed E-state index contributed by atoms with van der Waals surface area (Å²) in [6.45, 7) is 6.26. The van der Waals surface area contributed by atoms with Crippen LogP contribution in [-0.2, 0) is 4.79 Å². The van der Waals surface area contributed by atoms with E-state index in [9.17, 15) is 4.79 Å². The van der Waals surface area contributed by atoms with Crippen LogP contribution in [0.3, 0.4) is 0 Å². The Labute approximate surface area is 146 Å². The second-order valence-corrected chi connectivity index (χ2v) is 6.45. The van der Waals surface area contributed by atoms with Crippen LogP contribution < -0.4 is 10.1 Å². The van der Waals surface area contributed by atoms with Crippen LogP contribution in [0.15, 0.2) is 36.4 Å². The summed E-state index contributed by atoms with van der Waals surface area (Å²) >= 11 is 11.8. The topological polar surface area (TPSA) is 38.3 Å². The molecule has 0 atom stereocenters. The van der Waals surface area contributed by atoms with Gasteiger partial charge in [0.25, 0.3) is 5.91 Å². The molecule has 1 amide bonds. The summed E-state index contributed by atoms with van der Waals surface area (Å²) in [5.41, 5.74) is 3.01. The molecule has 1 N–H and O–H groups in total. The molecule has 23 heavy (non-hydrogen) atoms. The van der Waals surface area contributed by atoms with Crippen LogP contribution in [0.4, 0.5) is 5.69 Å². The molecule has 0 heterocycles. The zero-order chi connectivity index (χ0) is 17.0. The van der Waals surface area contributed by atoms with Gasteiger partial charge in [0, 0.05) is 5.69 Å². The van der Waals surface area contributed by atoms with E-state index in [-0.39, 0.29) is 12.5 Å². The fourth-order valence-corrected chi connectivity index (χ4v) is 2.60. The van der Waals surface area contributed by atoms with Crippen molar-refractivity contribution in [3.05, 3.63) is 57.6 Å². The van der Waals surface area contributed by atoms with E-state index < -0.39 is 0 Å². The van der Waals surface area contributed by atoms with Crippen molar-refractivity contribution in [2.45, 2.75) is 26.7 Å². The standard InChI is InChI=1S/C18H19Cl2NO2/c1-11(2)15-6-5-14(8-12(15)3)23-10-18(22)21-13-4-7-16(19)17(20)9-13/h4-9,11H,10H2,1-3H3,(H,21,22). The number of rotatable bonds is 5. The minimum absolute atomic E-state index is 0.0687. The summed E-state index contributed by atoms with van der Waals surface area (Å²) in [6, 6.07) is 10.8. The summed E-state index contributed by atoms with van der Waals surface area (Å²) in [6.07, 6.45) is 0. The van der Waals surface area contributed by atoms with Crippen LogP contribution >= 0.6 is 23.2 Å². The van der Waals surface area contributed by atoms with Crippen molar-refractivity contribution in [1.29, 1.82) is 0 Å². The van der Waals surface area contributed by atoms with Crippen molar-refractivity contribution in [1.82, 2.24) is 0 Å².